The van der Waals surface area contributed by atoms with E-state index < -0.39 is 12.0 Å². The zero-order valence-electron chi connectivity index (χ0n) is 11.1. The van der Waals surface area contributed by atoms with Crippen LogP contribution in [0.3, 0.4) is 0 Å². The second-order valence-electron chi connectivity index (χ2n) is 4.30. The average Bonchev–Trinajstić information content (AvgIpc) is 3.01. The Morgan fingerprint density at radius 1 is 1.45 bits per heavy atom. The van der Waals surface area contributed by atoms with Gasteiger partial charge in [-0.1, -0.05) is 6.07 Å². The summed E-state index contributed by atoms with van der Waals surface area (Å²) in [4.78, 5) is 29.7. The number of aliphatic carboxylic acids is 1. The van der Waals surface area contributed by atoms with Crippen molar-refractivity contribution in [1.82, 2.24) is 9.88 Å². The molecule has 0 bridgehead atoms. The Balaban J connectivity index is 2.13. The standard InChI is InChI=1S/C13H14N2O3S2/c1-8-14-9(7-20-8)6-11(16)15(2)12(13(17)18)10-4-3-5-19-10/h3-5,7,12H,6H2,1-2H3,(H,17,18)/t12-/m0/s1. The molecule has 2 aromatic heterocycles. The van der Waals surface area contributed by atoms with Crippen molar-refractivity contribution in [3.8, 4) is 0 Å². The zero-order valence-corrected chi connectivity index (χ0v) is 12.7. The van der Waals surface area contributed by atoms with Gasteiger partial charge in [-0.3, -0.25) is 4.79 Å². The molecule has 1 N–H and O–H groups in total. The van der Waals surface area contributed by atoms with E-state index in [2.05, 4.69) is 4.98 Å². The third-order valence-electron chi connectivity index (χ3n) is 2.83. The van der Waals surface area contributed by atoms with E-state index in [1.165, 1.54) is 34.6 Å². The summed E-state index contributed by atoms with van der Waals surface area (Å²) in [5.41, 5.74) is 0.680. The van der Waals surface area contributed by atoms with Crippen molar-refractivity contribution in [2.45, 2.75) is 19.4 Å². The summed E-state index contributed by atoms with van der Waals surface area (Å²) in [6, 6.07) is 2.56. The molecule has 5 nitrogen and oxygen atoms in total. The van der Waals surface area contributed by atoms with E-state index in [9.17, 15) is 14.7 Å². The maximum atomic E-state index is 12.2. The van der Waals surface area contributed by atoms with Gasteiger partial charge in [0.2, 0.25) is 5.91 Å². The number of aromatic nitrogens is 1. The lowest BCUT2D eigenvalue weighted by Gasteiger charge is -2.23. The SMILES string of the molecule is Cc1nc(CC(=O)N(C)[C@H](C(=O)O)c2cccs2)cs1. The number of rotatable bonds is 5. The molecule has 0 saturated carbocycles. The molecule has 2 rings (SSSR count). The Morgan fingerprint density at radius 3 is 2.70 bits per heavy atom. The Morgan fingerprint density at radius 2 is 2.20 bits per heavy atom. The monoisotopic (exact) mass is 310 g/mol. The number of carbonyl (C=O) groups excluding carboxylic acids is 1. The molecular formula is C13H14N2O3S2. The van der Waals surface area contributed by atoms with Gasteiger partial charge in [0.25, 0.3) is 0 Å². The number of aryl methyl sites for hydroxylation is 1. The van der Waals surface area contributed by atoms with Crippen molar-refractivity contribution in [1.29, 1.82) is 0 Å². The van der Waals surface area contributed by atoms with Crippen LogP contribution in [0.2, 0.25) is 0 Å². The summed E-state index contributed by atoms with van der Waals surface area (Å²) in [5.74, 6) is -1.28. The van der Waals surface area contributed by atoms with Gasteiger partial charge in [0.05, 0.1) is 17.1 Å². The normalized spacial score (nSPS) is 12.1. The van der Waals surface area contributed by atoms with Crippen LogP contribution in [-0.4, -0.2) is 33.9 Å². The van der Waals surface area contributed by atoms with E-state index in [1.807, 2.05) is 12.3 Å². The van der Waals surface area contributed by atoms with E-state index >= 15 is 0 Å². The first kappa shape index (κ1) is 14.7. The topological polar surface area (TPSA) is 70.5 Å². The van der Waals surface area contributed by atoms with Crippen LogP contribution in [0.1, 0.15) is 21.6 Å². The van der Waals surface area contributed by atoms with E-state index in [1.54, 1.807) is 17.5 Å². The van der Waals surface area contributed by atoms with Crippen LogP contribution < -0.4 is 0 Å². The molecule has 0 radical (unpaired) electrons. The molecule has 1 amide bonds. The molecule has 1 atom stereocenters. The van der Waals surface area contributed by atoms with Gasteiger partial charge in [0.15, 0.2) is 6.04 Å². The summed E-state index contributed by atoms with van der Waals surface area (Å²) < 4.78 is 0. The molecule has 0 aromatic carbocycles. The van der Waals surface area contributed by atoms with Gasteiger partial charge < -0.3 is 10.0 Å². The van der Waals surface area contributed by atoms with Crippen LogP contribution in [0.25, 0.3) is 0 Å². The van der Waals surface area contributed by atoms with Crippen LogP contribution in [0, 0.1) is 6.92 Å². The van der Waals surface area contributed by atoms with Gasteiger partial charge in [-0.15, -0.1) is 22.7 Å². The average molecular weight is 310 g/mol. The smallest absolute Gasteiger partial charge is 0.331 e. The zero-order chi connectivity index (χ0) is 14.7. The minimum absolute atomic E-state index is 0.121. The molecule has 2 aromatic rings. The molecule has 2 heterocycles. The van der Waals surface area contributed by atoms with E-state index in [-0.39, 0.29) is 12.3 Å². The number of thiazole rings is 1. The predicted octanol–water partition coefficient (Wildman–Crippen LogP) is 2.34. The van der Waals surface area contributed by atoms with E-state index in [0.717, 1.165) is 5.01 Å². The highest BCUT2D eigenvalue weighted by Crippen LogP contribution is 2.25. The summed E-state index contributed by atoms with van der Waals surface area (Å²) in [5, 5.41) is 13.8. The number of nitrogens with zero attached hydrogens (tertiary/aromatic N) is 2. The van der Waals surface area contributed by atoms with Crippen LogP contribution in [0.4, 0.5) is 0 Å². The molecule has 106 valence electrons. The first-order valence-corrected chi connectivity index (χ1v) is 7.68. The van der Waals surface area contributed by atoms with Crippen LogP contribution in [0.5, 0.6) is 0 Å². The minimum Gasteiger partial charge on any atom is -0.479 e. The molecule has 20 heavy (non-hydrogen) atoms. The lowest BCUT2D eigenvalue weighted by atomic mass is 10.2. The minimum atomic E-state index is -1.03. The van der Waals surface area contributed by atoms with Crippen molar-refractivity contribution in [3.63, 3.8) is 0 Å². The Bertz CT molecular complexity index is 607. The number of thiophene rings is 1. The lowest BCUT2D eigenvalue weighted by Crippen LogP contribution is -2.36. The quantitative estimate of drug-likeness (QED) is 0.920. The summed E-state index contributed by atoms with van der Waals surface area (Å²) in [6.45, 7) is 1.87. The fourth-order valence-electron chi connectivity index (χ4n) is 1.84. The number of amides is 1. The Hall–Kier alpha value is -1.73. The number of likely N-dealkylation sites (N-methyl/N-ethyl adjacent to an activating group) is 1. The second-order valence-corrected chi connectivity index (χ2v) is 6.34. The molecule has 0 aliphatic rings. The molecule has 0 aliphatic heterocycles. The fourth-order valence-corrected chi connectivity index (χ4v) is 3.31. The Labute approximate surface area is 124 Å². The highest BCUT2D eigenvalue weighted by atomic mass is 32.1. The Kier molecular flexibility index (Phi) is 4.51. The van der Waals surface area contributed by atoms with Crippen molar-refractivity contribution in [3.05, 3.63) is 38.5 Å². The first-order valence-electron chi connectivity index (χ1n) is 5.92. The van der Waals surface area contributed by atoms with Crippen LogP contribution >= 0.6 is 22.7 Å². The summed E-state index contributed by atoms with van der Waals surface area (Å²) in [7, 11) is 1.51. The number of carbonyl (C=O) groups is 2. The van der Waals surface area contributed by atoms with Crippen molar-refractivity contribution in [2.24, 2.45) is 0 Å². The van der Waals surface area contributed by atoms with E-state index in [4.69, 9.17) is 0 Å². The fraction of sp³-hybridized carbons (Fsp3) is 0.308. The molecule has 7 heteroatoms. The number of hydrogen-bond donors (Lipinski definition) is 1. The summed E-state index contributed by atoms with van der Waals surface area (Å²) in [6.07, 6.45) is 0.121. The number of hydrogen-bond acceptors (Lipinski definition) is 5. The van der Waals surface area contributed by atoms with Gasteiger partial charge in [-0.25, -0.2) is 9.78 Å². The van der Waals surface area contributed by atoms with Crippen LogP contribution in [0.15, 0.2) is 22.9 Å². The van der Waals surface area contributed by atoms with E-state index in [0.29, 0.717) is 10.6 Å². The highest BCUT2D eigenvalue weighted by molar-refractivity contribution is 7.10. The summed E-state index contributed by atoms with van der Waals surface area (Å²) >= 11 is 2.80. The molecular weight excluding hydrogens is 296 g/mol. The maximum Gasteiger partial charge on any atom is 0.331 e. The van der Waals surface area contributed by atoms with Crippen molar-refractivity contribution < 1.29 is 14.7 Å². The molecule has 0 unspecified atom stereocenters. The van der Waals surface area contributed by atoms with Gasteiger partial charge in [0, 0.05) is 17.3 Å². The predicted molar refractivity (Wildman–Crippen MR) is 78.0 cm³/mol. The van der Waals surface area contributed by atoms with Crippen molar-refractivity contribution >= 4 is 34.6 Å². The van der Waals surface area contributed by atoms with Gasteiger partial charge in [-0.05, 0) is 18.4 Å². The first-order chi connectivity index (χ1) is 9.49. The third kappa shape index (κ3) is 3.23. The van der Waals surface area contributed by atoms with Gasteiger partial charge in [-0.2, -0.15) is 0 Å². The van der Waals surface area contributed by atoms with Crippen molar-refractivity contribution in [2.75, 3.05) is 7.05 Å². The van der Waals surface area contributed by atoms with Gasteiger partial charge in [0.1, 0.15) is 0 Å². The lowest BCUT2D eigenvalue weighted by molar-refractivity contribution is -0.149. The molecule has 0 saturated heterocycles. The number of carboxylic acid groups (broad SMARTS) is 1. The third-order valence-corrected chi connectivity index (χ3v) is 4.57. The van der Waals surface area contributed by atoms with Gasteiger partial charge >= 0.3 is 5.97 Å². The highest BCUT2D eigenvalue weighted by Gasteiger charge is 2.29. The number of carboxylic acids is 1. The largest absolute Gasteiger partial charge is 0.479 e. The molecule has 0 aliphatic carbocycles. The second kappa shape index (κ2) is 6.15. The molecule has 0 fully saturated rings. The maximum absolute atomic E-state index is 12.2. The van der Waals surface area contributed by atoms with Crippen LogP contribution in [-0.2, 0) is 16.0 Å². The molecule has 0 spiro atoms.